The van der Waals surface area contributed by atoms with Crippen molar-refractivity contribution < 1.29 is 34.8 Å². The number of hydrogen-bond donors (Lipinski definition) is 3. The Labute approximate surface area is 207 Å². The topological polar surface area (TPSA) is 83.1 Å². The number of nitrogens with one attached hydrogen (secondary N) is 3. The molecular weight excluding hydrogens is 534 g/mol. The van der Waals surface area contributed by atoms with Gasteiger partial charge >= 0.3 is 12.4 Å². The number of halogens is 7. The van der Waals surface area contributed by atoms with Gasteiger partial charge < -0.3 is 10.6 Å². The molecule has 0 saturated carbocycles. The summed E-state index contributed by atoms with van der Waals surface area (Å²) in [6.07, 6.45) is -8.72. The van der Waals surface area contributed by atoms with E-state index in [0.717, 1.165) is 17.7 Å². The van der Waals surface area contributed by atoms with Crippen LogP contribution in [0.2, 0.25) is 5.02 Å². The quantitative estimate of drug-likeness (QED) is 0.222. The van der Waals surface area contributed by atoms with Crippen LogP contribution in [-0.4, -0.2) is 26.5 Å². The van der Waals surface area contributed by atoms with Crippen LogP contribution < -0.4 is 15.4 Å². The third-order valence-corrected chi connectivity index (χ3v) is 6.49. The molecular formula is C22H19ClF6N4O2S. The molecule has 0 fully saturated rings. The van der Waals surface area contributed by atoms with Crippen LogP contribution in [0.5, 0.6) is 0 Å². The van der Waals surface area contributed by atoms with E-state index in [0.29, 0.717) is 18.3 Å². The lowest BCUT2D eigenvalue weighted by molar-refractivity contribution is -0.138. The van der Waals surface area contributed by atoms with Gasteiger partial charge in [-0.1, -0.05) is 29.3 Å². The highest BCUT2D eigenvalue weighted by Gasteiger charge is 2.32. The van der Waals surface area contributed by atoms with Crippen molar-refractivity contribution in [3.63, 3.8) is 0 Å². The molecule has 3 aromatic rings. The Morgan fingerprint density at radius 3 is 2.03 bits per heavy atom. The van der Waals surface area contributed by atoms with Gasteiger partial charge in [0.15, 0.2) is 0 Å². The van der Waals surface area contributed by atoms with Crippen molar-refractivity contribution in [1.82, 2.24) is 4.98 Å². The summed E-state index contributed by atoms with van der Waals surface area (Å²) in [6, 6.07) is 8.96. The Morgan fingerprint density at radius 2 is 1.44 bits per heavy atom. The molecule has 14 heteroatoms. The van der Waals surface area contributed by atoms with Crippen molar-refractivity contribution in [3.8, 4) is 0 Å². The van der Waals surface area contributed by atoms with E-state index in [1.54, 1.807) is 19.1 Å². The van der Waals surface area contributed by atoms with Gasteiger partial charge in [0, 0.05) is 19.3 Å². The first-order chi connectivity index (χ1) is 16.7. The molecule has 36 heavy (non-hydrogen) atoms. The number of aromatic nitrogens is 1. The zero-order valence-corrected chi connectivity index (χ0v) is 20.0. The Balaban J connectivity index is 1.75. The van der Waals surface area contributed by atoms with Gasteiger partial charge in [-0.3, -0.25) is 4.72 Å². The number of nitrogens with zero attached hydrogens (tertiary/aromatic N) is 1. The third-order valence-electron chi connectivity index (χ3n) is 4.82. The number of anilines is 3. The first-order valence-electron chi connectivity index (χ1n) is 10.2. The Morgan fingerprint density at radius 1 is 0.833 bits per heavy atom. The molecule has 194 valence electrons. The van der Waals surface area contributed by atoms with E-state index in [4.69, 9.17) is 11.6 Å². The molecule has 1 heterocycles. The van der Waals surface area contributed by atoms with E-state index in [2.05, 4.69) is 20.3 Å². The summed E-state index contributed by atoms with van der Waals surface area (Å²) in [7, 11) is -4.20. The highest BCUT2D eigenvalue weighted by Crippen LogP contribution is 2.35. The lowest BCUT2D eigenvalue weighted by Crippen LogP contribution is -2.18. The van der Waals surface area contributed by atoms with Gasteiger partial charge in [0.2, 0.25) is 0 Å². The summed E-state index contributed by atoms with van der Waals surface area (Å²) in [5, 5.41) is 5.23. The fraction of sp³-hybridized carbons (Fsp3) is 0.227. The smallest absolute Gasteiger partial charge is 0.382 e. The van der Waals surface area contributed by atoms with Crippen LogP contribution in [0, 0.1) is 6.92 Å². The molecule has 1 aromatic heterocycles. The Kier molecular flexibility index (Phi) is 7.94. The maximum absolute atomic E-state index is 13.2. The number of rotatable bonds is 8. The predicted octanol–water partition coefficient (Wildman–Crippen LogP) is 6.41. The number of pyridine rings is 1. The van der Waals surface area contributed by atoms with Gasteiger partial charge in [0.1, 0.15) is 5.82 Å². The van der Waals surface area contributed by atoms with Gasteiger partial charge in [-0.15, -0.1) is 0 Å². The summed E-state index contributed by atoms with van der Waals surface area (Å²) >= 11 is 5.83. The summed E-state index contributed by atoms with van der Waals surface area (Å²) in [6.45, 7) is 1.83. The first kappa shape index (κ1) is 27.4. The van der Waals surface area contributed by atoms with Gasteiger partial charge in [-0.2, -0.15) is 26.3 Å². The summed E-state index contributed by atoms with van der Waals surface area (Å²) in [4.78, 5) is 3.49. The second-order valence-electron chi connectivity index (χ2n) is 7.58. The van der Waals surface area contributed by atoms with E-state index < -0.39 is 33.5 Å². The number of aryl methyl sites for hydroxylation is 1. The standard InChI is InChI=1S/C22H19ClF6N4O2S/c1-13-2-5-16(6-3-13)36(34,35)33-19-11-14(21(24,25)26)4-7-18(19)30-8-9-31-20-17(23)10-15(12-32-20)22(27,28)29/h2-7,10-12,30,33H,8-9H2,1H3,(H,31,32). The highest BCUT2D eigenvalue weighted by atomic mass is 35.5. The van der Waals surface area contributed by atoms with Crippen LogP contribution in [0.15, 0.2) is 59.6 Å². The molecule has 0 bridgehead atoms. The van der Waals surface area contributed by atoms with Crippen molar-refractivity contribution in [2.75, 3.05) is 28.4 Å². The predicted molar refractivity (Wildman–Crippen MR) is 125 cm³/mol. The fourth-order valence-corrected chi connectivity index (χ4v) is 4.29. The van der Waals surface area contributed by atoms with Gasteiger partial charge in [0.25, 0.3) is 10.0 Å². The normalized spacial score (nSPS) is 12.3. The molecule has 0 aliphatic rings. The average molecular weight is 553 g/mol. The van der Waals surface area contributed by atoms with Crippen molar-refractivity contribution in [1.29, 1.82) is 0 Å². The SMILES string of the molecule is Cc1ccc(S(=O)(=O)Nc2cc(C(F)(F)F)ccc2NCCNc2ncc(C(F)(F)F)cc2Cl)cc1. The molecule has 6 nitrogen and oxygen atoms in total. The molecule has 0 unspecified atom stereocenters. The minimum Gasteiger partial charge on any atom is -0.382 e. The molecule has 0 saturated heterocycles. The maximum Gasteiger partial charge on any atom is 0.417 e. The molecule has 3 rings (SSSR count). The first-order valence-corrected chi connectivity index (χ1v) is 12.0. The molecule has 0 atom stereocenters. The number of sulfonamides is 1. The zero-order valence-electron chi connectivity index (χ0n) is 18.4. The highest BCUT2D eigenvalue weighted by molar-refractivity contribution is 7.92. The monoisotopic (exact) mass is 552 g/mol. The van der Waals surface area contributed by atoms with E-state index in [1.807, 2.05) is 0 Å². The number of hydrogen-bond acceptors (Lipinski definition) is 5. The van der Waals surface area contributed by atoms with E-state index in [1.165, 1.54) is 12.1 Å². The van der Waals surface area contributed by atoms with Crippen molar-refractivity contribution in [2.45, 2.75) is 24.2 Å². The van der Waals surface area contributed by atoms with E-state index >= 15 is 0 Å². The molecule has 0 aliphatic carbocycles. The molecule has 0 aliphatic heterocycles. The van der Waals surface area contributed by atoms with Crippen LogP contribution in [0.4, 0.5) is 43.5 Å². The minimum absolute atomic E-state index is 0.0285. The van der Waals surface area contributed by atoms with E-state index in [-0.39, 0.29) is 40.2 Å². The summed E-state index contributed by atoms with van der Waals surface area (Å²) in [5.74, 6) is -0.0285. The molecule has 0 spiro atoms. The third kappa shape index (κ3) is 6.94. The van der Waals surface area contributed by atoms with Gasteiger partial charge in [-0.25, -0.2) is 13.4 Å². The average Bonchev–Trinajstić information content (AvgIpc) is 2.77. The number of alkyl halides is 6. The Hall–Kier alpha value is -3.19. The summed E-state index contributed by atoms with van der Waals surface area (Å²) in [5.41, 5.74) is -1.58. The van der Waals surface area contributed by atoms with Gasteiger partial charge in [0.05, 0.1) is 32.4 Å². The van der Waals surface area contributed by atoms with Crippen LogP contribution in [0.3, 0.4) is 0 Å². The van der Waals surface area contributed by atoms with Crippen LogP contribution in [-0.2, 0) is 22.4 Å². The van der Waals surface area contributed by atoms with Crippen molar-refractivity contribution >= 4 is 38.8 Å². The second kappa shape index (κ2) is 10.4. The maximum atomic E-state index is 13.2. The molecule has 3 N–H and O–H groups in total. The molecule has 0 radical (unpaired) electrons. The Bertz CT molecular complexity index is 1330. The molecule has 2 aromatic carbocycles. The van der Waals surface area contributed by atoms with Gasteiger partial charge in [-0.05, 0) is 43.3 Å². The lowest BCUT2D eigenvalue weighted by atomic mass is 10.1. The fourth-order valence-electron chi connectivity index (χ4n) is 2.98. The number of benzene rings is 2. The largest absolute Gasteiger partial charge is 0.417 e. The zero-order chi connectivity index (χ0) is 26.7. The van der Waals surface area contributed by atoms with Crippen molar-refractivity contribution in [2.24, 2.45) is 0 Å². The van der Waals surface area contributed by atoms with E-state index in [9.17, 15) is 34.8 Å². The van der Waals surface area contributed by atoms with Crippen molar-refractivity contribution in [3.05, 3.63) is 76.4 Å². The second-order valence-corrected chi connectivity index (χ2v) is 9.67. The lowest BCUT2D eigenvalue weighted by Gasteiger charge is -2.17. The van der Waals surface area contributed by atoms with Crippen LogP contribution in [0.25, 0.3) is 0 Å². The molecule has 0 amide bonds. The van der Waals surface area contributed by atoms with Crippen LogP contribution >= 0.6 is 11.6 Å². The minimum atomic E-state index is -4.71. The summed E-state index contributed by atoms with van der Waals surface area (Å²) < 4.78 is 106. The van der Waals surface area contributed by atoms with Crippen LogP contribution in [0.1, 0.15) is 16.7 Å².